The molecular weight excluding hydrogens is 681 g/mol. The van der Waals surface area contributed by atoms with Crippen molar-refractivity contribution in [3.05, 3.63) is 192 Å². The number of aryl methyl sites for hydroxylation is 1. The van der Waals surface area contributed by atoms with Crippen LogP contribution in [0.1, 0.15) is 30.4 Å². The summed E-state index contributed by atoms with van der Waals surface area (Å²) in [4.78, 5) is 2.55. The second-order valence-corrected chi connectivity index (χ2v) is 15.3. The fourth-order valence-corrected chi connectivity index (χ4v) is 9.56. The fourth-order valence-electron chi connectivity index (χ4n) is 9.56. The maximum absolute atomic E-state index is 9.98. The Hall–Kier alpha value is -7.14. The predicted molar refractivity (Wildman–Crippen MR) is 230 cm³/mol. The molecule has 0 saturated carbocycles. The zero-order chi connectivity index (χ0) is 38.0. The summed E-state index contributed by atoms with van der Waals surface area (Å²) in [5.74, 6) is -0.00183. The molecule has 7 aromatic rings. The number of rotatable bonds is 5. The first kappa shape index (κ1) is 33.4. The molecule has 56 heavy (non-hydrogen) atoms. The van der Waals surface area contributed by atoms with Gasteiger partial charge in [-0.3, -0.25) is 0 Å². The van der Waals surface area contributed by atoms with Crippen molar-refractivity contribution in [2.24, 2.45) is 0 Å². The van der Waals surface area contributed by atoms with E-state index in [1.54, 1.807) is 0 Å². The number of para-hydroxylation sites is 3. The van der Waals surface area contributed by atoms with Crippen LogP contribution in [0.25, 0.3) is 60.9 Å². The molecule has 266 valence electrons. The fraction of sp³-hybridized carbons (Fsp3) is 0.115. The zero-order valence-corrected chi connectivity index (χ0v) is 31.3. The van der Waals surface area contributed by atoms with Crippen molar-refractivity contribution in [2.45, 2.75) is 37.8 Å². The Morgan fingerprint density at radius 3 is 2.05 bits per heavy atom. The molecule has 0 radical (unpaired) electrons. The lowest BCUT2D eigenvalue weighted by Crippen LogP contribution is -2.50. The van der Waals surface area contributed by atoms with E-state index < -0.39 is 5.54 Å². The van der Waals surface area contributed by atoms with Crippen molar-refractivity contribution < 1.29 is 0 Å². The van der Waals surface area contributed by atoms with E-state index in [1.165, 1.54) is 49.9 Å². The molecule has 1 aliphatic heterocycles. The summed E-state index contributed by atoms with van der Waals surface area (Å²) in [7, 11) is 0. The first-order valence-electron chi connectivity index (χ1n) is 19.3. The third-order valence-electron chi connectivity index (χ3n) is 12.2. The topological polar surface area (TPSA) is 55.8 Å². The summed E-state index contributed by atoms with van der Waals surface area (Å²) in [5, 5.41) is 22.1. The van der Waals surface area contributed by atoms with Gasteiger partial charge in [0.2, 0.25) is 0 Å². The highest BCUT2D eigenvalue weighted by Gasteiger charge is 2.50. The normalized spacial score (nSPS) is 19.6. The van der Waals surface area contributed by atoms with Gasteiger partial charge in [-0.05, 0) is 89.6 Å². The number of allylic oxidation sites excluding steroid dienone is 4. The number of hydrogen-bond acceptors (Lipinski definition) is 3. The Morgan fingerprint density at radius 2 is 1.30 bits per heavy atom. The maximum atomic E-state index is 9.98. The highest BCUT2D eigenvalue weighted by atomic mass is 15.3. The van der Waals surface area contributed by atoms with E-state index in [9.17, 15) is 10.5 Å². The van der Waals surface area contributed by atoms with Gasteiger partial charge in [-0.15, -0.1) is 0 Å². The van der Waals surface area contributed by atoms with Crippen LogP contribution in [-0.2, 0) is 0 Å². The molecule has 2 aliphatic carbocycles. The molecule has 3 atom stereocenters. The largest absolute Gasteiger partial charge is 0.354 e. The molecule has 1 aromatic heterocycles. The van der Waals surface area contributed by atoms with E-state index >= 15 is 0 Å². The SMILES string of the molecule is Cc1ccccc1-n1c2ccccc2c2ccc(-c3ccccc3-c3ccccc3-c3cccc4c3N(C3C=CC(C#N)=CC3)C3(C)C=CC(C#N)=C[C@H]43)cc21. The van der Waals surface area contributed by atoms with E-state index in [2.05, 4.69) is 187 Å². The maximum Gasteiger partial charge on any atom is 0.0988 e. The molecule has 6 aromatic carbocycles. The highest BCUT2D eigenvalue weighted by Crippen LogP contribution is 2.57. The van der Waals surface area contributed by atoms with Gasteiger partial charge in [-0.1, -0.05) is 140 Å². The van der Waals surface area contributed by atoms with E-state index in [0.29, 0.717) is 11.1 Å². The molecule has 3 aliphatic rings. The number of anilines is 1. The molecule has 0 saturated heterocycles. The molecule has 2 heterocycles. The van der Waals surface area contributed by atoms with E-state index in [0.717, 1.165) is 34.2 Å². The molecule has 2 unspecified atom stereocenters. The van der Waals surface area contributed by atoms with Crippen LogP contribution in [0.4, 0.5) is 5.69 Å². The second kappa shape index (κ2) is 13.0. The molecule has 4 heteroatoms. The lowest BCUT2D eigenvalue weighted by Gasteiger charge is -2.44. The number of fused-ring (bicyclic) bond motifs is 6. The van der Waals surface area contributed by atoms with Crippen molar-refractivity contribution in [1.29, 1.82) is 10.5 Å². The minimum absolute atomic E-state index is 0.00183. The van der Waals surface area contributed by atoms with Gasteiger partial charge in [0.1, 0.15) is 0 Å². The highest BCUT2D eigenvalue weighted by molar-refractivity contribution is 6.11. The smallest absolute Gasteiger partial charge is 0.0988 e. The van der Waals surface area contributed by atoms with Gasteiger partial charge < -0.3 is 9.47 Å². The number of nitriles is 2. The minimum atomic E-state index is -0.399. The molecule has 0 N–H and O–H groups in total. The average molecular weight is 719 g/mol. The zero-order valence-electron chi connectivity index (χ0n) is 31.3. The third kappa shape index (κ3) is 5.04. The lowest BCUT2D eigenvalue weighted by molar-refractivity contribution is 0.468. The van der Waals surface area contributed by atoms with Crippen molar-refractivity contribution in [1.82, 2.24) is 4.57 Å². The van der Waals surface area contributed by atoms with Crippen LogP contribution < -0.4 is 4.90 Å². The van der Waals surface area contributed by atoms with Gasteiger partial charge in [0.05, 0.1) is 34.8 Å². The van der Waals surface area contributed by atoms with Crippen molar-refractivity contribution in [3.63, 3.8) is 0 Å². The van der Waals surface area contributed by atoms with E-state index in [-0.39, 0.29) is 12.0 Å². The summed E-state index contributed by atoms with van der Waals surface area (Å²) >= 11 is 0. The van der Waals surface area contributed by atoms with E-state index in [1.807, 2.05) is 18.2 Å². The summed E-state index contributed by atoms with van der Waals surface area (Å²) in [6, 6.07) is 53.2. The van der Waals surface area contributed by atoms with Gasteiger partial charge >= 0.3 is 0 Å². The van der Waals surface area contributed by atoms with Crippen LogP contribution in [0, 0.1) is 29.6 Å². The molecule has 0 fully saturated rings. The molecule has 10 rings (SSSR count). The predicted octanol–water partition coefficient (Wildman–Crippen LogP) is 12.6. The second-order valence-electron chi connectivity index (χ2n) is 15.3. The van der Waals surface area contributed by atoms with Crippen LogP contribution >= 0.6 is 0 Å². The Morgan fingerprint density at radius 1 is 0.643 bits per heavy atom. The standard InChI is InChI=1S/C52H38N4/c1-34-12-3-9-20-48(34)55-49-21-10-8-17-43(49)44-27-24-37(31-50(44)55)39-13-4-5-14-40(39)41-15-6-7-16-42(41)45-18-11-19-46-47-30-36(33-54)28-29-52(47,2)56(51(45)46)38-25-22-35(32-53)23-26-38/h3-25,27-31,38,47H,26H2,1-2H3/t38?,47-,52?/m1/s1. The van der Waals surface area contributed by atoms with Crippen LogP contribution in [-0.4, -0.2) is 16.1 Å². The quantitative estimate of drug-likeness (QED) is 0.178. The molecular formula is C52H38N4. The van der Waals surface area contributed by atoms with Gasteiger partial charge in [0.25, 0.3) is 0 Å². The summed E-state index contributed by atoms with van der Waals surface area (Å²) in [6.45, 7) is 4.47. The van der Waals surface area contributed by atoms with Crippen molar-refractivity contribution in [2.75, 3.05) is 4.90 Å². The minimum Gasteiger partial charge on any atom is -0.354 e. The van der Waals surface area contributed by atoms with Gasteiger partial charge in [0.15, 0.2) is 0 Å². The summed E-state index contributed by atoms with van der Waals surface area (Å²) < 4.78 is 2.41. The Labute approximate surface area is 327 Å². The van der Waals surface area contributed by atoms with Gasteiger partial charge in [0, 0.05) is 44.8 Å². The monoisotopic (exact) mass is 718 g/mol. The van der Waals surface area contributed by atoms with Crippen LogP contribution in [0.3, 0.4) is 0 Å². The molecule has 0 bridgehead atoms. The number of nitrogens with zero attached hydrogens (tertiary/aromatic N) is 4. The van der Waals surface area contributed by atoms with Crippen LogP contribution in [0.15, 0.2) is 181 Å². The number of benzene rings is 6. The van der Waals surface area contributed by atoms with Crippen LogP contribution in [0.5, 0.6) is 0 Å². The molecule has 4 nitrogen and oxygen atoms in total. The van der Waals surface area contributed by atoms with Crippen molar-refractivity contribution >= 4 is 27.5 Å². The molecule has 0 amide bonds. The third-order valence-corrected chi connectivity index (χ3v) is 12.2. The Bertz CT molecular complexity index is 2970. The van der Waals surface area contributed by atoms with Gasteiger partial charge in [-0.2, -0.15) is 10.5 Å². The van der Waals surface area contributed by atoms with E-state index in [4.69, 9.17) is 0 Å². The first-order valence-corrected chi connectivity index (χ1v) is 19.3. The summed E-state index contributed by atoms with van der Waals surface area (Å²) in [6.07, 6.45) is 13.2. The first-order chi connectivity index (χ1) is 27.5. The Balaban J connectivity index is 1.16. The number of aromatic nitrogens is 1. The lowest BCUT2D eigenvalue weighted by atomic mass is 9.78. The average Bonchev–Trinajstić information content (AvgIpc) is 3.72. The van der Waals surface area contributed by atoms with Gasteiger partial charge in [-0.25, -0.2) is 0 Å². The van der Waals surface area contributed by atoms with Crippen LogP contribution in [0.2, 0.25) is 0 Å². The number of hydrogen-bond donors (Lipinski definition) is 0. The summed E-state index contributed by atoms with van der Waals surface area (Å²) in [5.41, 5.74) is 15.1. The molecule has 0 spiro atoms. The Kier molecular flexibility index (Phi) is 7.77. The van der Waals surface area contributed by atoms with Crippen molar-refractivity contribution in [3.8, 4) is 51.2 Å².